The second kappa shape index (κ2) is 5.98. The Morgan fingerprint density at radius 3 is 1.48 bits per heavy atom. The van der Waals surface area contributed by atoms with Gasteiger partial charge in [0.25, 0.3) is 0 Å². The first-order valence-corrected chi connectivity index (χ1v) is 10.1. The molecule has 0 radical (unpaired) electrons. The van der Waals surface area contributed by atoms with E-state index in [1.807, 2.05) is 26.0 Å². The van der Waals surface area contributed by atoms with Crippen molar-refractivity contribution in [1.29, 1.82) is 0 Å². The molecule has 1 aliphatic heterocycles. The van der Waals surface area contributed by atoms with E-state index in [2.05, 4.69) is 48.5 Å². The molecule has 3 aliphatic rings. The van der Waals surface area contributed by atoms with Gasteiger partial charge in [-0.1, -0.05) is 60.7 Å². The van der Waals surface area contributed by atoms with E-state index in [1.165, 1.54) is 0 Å². The summed E-state index contributed by atoms with van der Waals surface area (Å²) in [6.45, 7) is 5.21. The van der Waals surface area contributed by atoms with Gasteiger partial charge >= 0.3 is 0 Å². The highest BCUT2D eigenvalue weighted by atomic mass is 16.7. The molecule has 2 bridgehead atoms. The highest BCUT2D eigenvalue weighted by molar-refractivity contribution is 5.47. The molecular formula is C23H26N2O2. The molecule has 4 heteroatoms. The summed E-state index contributed by atoms with van der Waals surface area (Å²) in [6.07, 6.45) is 2.27. The average molecular weight is 362 g/mol. The van der Waals surface area contributed by atoms with Crippen LogP contribution in [0, 0.1) is 11.8 Å². The minimum absolute atomic E-state index is 0.385. The molecule has 1 heterocycles. The van der Waals surface area contributed by atoms with Gasteiger partial charge in [-0.3, -0.25) is 0 Å². The van der Waals surface area contributed by atoms with E-state index in [0.29, 0.717) is 25.0 Å². The number of azo groups is 1. The van der Waals surface area contributed by atoms with Crippen molar-refractivity contribution in [2.24, 2.45) is 22.1 Å². The molecule has 0 N–H and O–H groups in total. The van der Waals surface area contributed by atoms with Crippen LogP contribution in [0.5, 0.6) is 0 Å². The molecular weight excluding hydrogens is 336 g/mol. The molecule has 0 unspecified atom stereocenters. The Hall–Kier alpha value is -2.04. The SMILES string of the molecule is CCOC1(OCC)[C@]2(c3ccccc3)N=N[C@@]1(c1ccccc1)[C@H]1CC[C@H]12. The normalized spacial score (nSPS) is 35.0. The molecule has 140 valence electrons. The molecule has 4 atom stereocenters. The Morgan fingerprint density at radius 1 is 0.741 bits per heavy atom. The molecule has 4 nitrogen and oxygen atoms in total. The van der Waals surface area contributed by atoms with Crippen molar-refractivity contribution in [3.8, 4) is 0 Å². The average Bonchev–Trinajstić information content (AvgIpc) is 3.02. The highest BCUT2D eigenvalue weighted by Crippen LogP contribution is 2.76. The fourth-order valence-electron chi connectivity index (χ4n) is 5.91. The van der Waals surface area contributed by atoms with E-state index in [-0.39, 0.29) is 0 Å². The van der Waals surface area contributed by atoms with Gasteiger partial charge in [0, 0.05) is 25.0 Å². The lowest BCUT2D eigenvalue weighted by molar-refractivity contribution is -0.283. The molecule has 2 saturated carbocycles. The van der Waals surface area contributed by atoms with Crippen molar-refractivity contribution < 1.29 is 9.47 Å². The third kappa shape index (κ3) is 1.81. The number of rotatable bonds is 6. The zero-order valence-corrected chi connectivity index (χ0v) is 16.0. The van der Waals surface area contributed by atoms with Crippen LogP contribution in [-0.4, -0.2) is 19.0 Å². The Kier molecular flexibility index (Phi) is 3.78. The van der Waals surface area contributed by atoms with Crippen molar-refractivity contribution in [3.63, 3.8) is 0 Å². The second-order valence-electron chi connectivity index (χ2n) is 7.74. The summed E-state index contributed by atoms with van der Waals surface area (Å²) in [7, 11) is 0. The standard InChI is InChI=1S/C23H26N2O2/c1-3-26-23(27-4-2)21(17-11-7-5-8-12-17)19-15-16-20(19)22(23,25-24-21)18-13-9-6-10-14-18/h5-14,19-20H,3-4,15-16H2,1-2H3/t19-,20+,21-,22+. The molecule has 0 spiro atoms. The number of hydrogen-bond donors (Lipinski definition) is 0. The van der Waals surface area contributed by atoms with E-state index < -0.39 is 16.9 Å². The Balaban J connectivity index is 1.82. The van der Waals surface area contributed by atoms with Crippen molar-refractivity contribution >= 4 is 0 Å². The van der Waals surface area contributed by atoms with Crippen LogP contribution in [0.1, 0.15) is 37.8 Å². The second-order valence-corrected chi connectivity index (χ2v) is 7.74. The molecule has 0 aromatic heterocycles. The van der Waals surface area contributed by atoms with Gasteiger partial charge in [0.2, 0.25) is 5.79 Å². The lowest BCUT2D eigenvalue weighted by atomic mass is 9.63. The topological polar surface area (TPSA) is 43.2 Å². The summed E-state index contributed by atoms with van der Waals surface area (Å²) in [5.41, 5.74) is 1.14. The van der Waals surface area contributed by atoms with Crippen LogP contribution in [0.2, 0.25) is 0 Å². The van der Waals surface area contributed by atoms with E-state index in [1.54, 1.807) is 0 Å². The first-order valence-electron chi connectivity index (χ1n) is 10.1. The smallest absolute Gasteiger partial charge is 0.232 e. The largest absolute Gasteiger partial charge is 0.345 e. The van der Waals surface area contributed by atoms with Crippen molar-refractivity contribution in [3.05, 3.63) is 71.8 Å². The molecule has 2 aromatic carbocycles. The Morgan fingerprint density at radius 2 is 1.15 bits per heavy atom. The van der Waals surface area contributed by atoms with Crippen LogP contribution < -0.4 is 0 Å². The van der Waals surface area contributed by atoms with Crippen LogP contribution in [0.25, 0.3) is 0 Å². The summed E-state index contributed by atoms with van der Waals surface area (Å²) < 4.78 is 13.2. The fraction of sp³-hybridized carbons (Fsp3) is 0.478. The summed E-state index contributed by atoms with van der Waals surface area (Å²) in [4.78, 5) is 0. The van der Waals surface area contributed by atoms with Crippen LogP contribution in [0.15, 0.2) is 70.9 Å². The maximum absolute atomic E-state index is 6.60. The molecule has 2 aromatic rings. The summed E-state index contributed by atoms with van der Waals surface area (Å²) in [5.74, 6) is -0.135. The van der Waals surface area contributed by atoms with Crippen LogP contribution in [0.3, 0.4) is 0 Å². The van der Waals surface area contributed by atoms with Gasteiger partial charge in [-0.15, -0.1) is 0 Å². The lowest BCUT2D eigenvalue weighted by Gasteiger charge is -2.44. The summed E-state index contributed by atoms with van der Waals surface area (Å²) >= 11 is 0. The monoisotopic (exact) mass is 362 g/mol. The van der Waals surface area contributed by atoms with Crippen LogP contribution in [-0.2, 0) is 20.6 Å². The summed E-state index contributed by atoms with van der Waals surface area (Å²) in [5, 5.41) is 10.0. The number of ether oxygens (including phenoxy) is 2. The lowest BCUT2D eigenvalue weighted by Crippen LogP contribution is -2.58. The number of hydrogen-bond acceptors (Lipinski definition) is 4. The third-order valence-corrected chi connectivity index (χ3v) is 6.84. The van der Waals surface area contributed by atoms with Crippen molar-refractivity contribution in [1.82, 2.24) is 0 Å². The van der Waals surface area contributed by atoms with E-state index >= 15 is 0 Å². The maximum atomic E-state index is 6.60. The molecule has 0 saturated heterocycles. The first-order chi connectivity index (χ1) is 13.3. The van der Waals surface area contributed by atoms with Gasteiger partial charge in [-0.25, -0.2) is 0 Å². The minimum Gasteiger partial charge on any atom is -0.345 e. The maximum Gasteiger partial charge on any atom is 0.232 e. The van der Waals surface area contributed by atoms with Gasteiger partial charge in [0.05, 0.1) is 0 Å². The predicted octanol–water partition coefficient (Wildman–Crippen LogP) is 5.05. The Bertz CT molecular complexity index is 782. The van der Waals surface area contributed by atoms with Gasteiger partial charge in [0.15, 0.2) is 11.1 Å². The highest BCUT2D eigenvalue weighted by Gasteiger charge is 2.85. The molecule has 5 rings (SSSR count). The summed E-state index contributed by atoms with van der Waals surface area (Å²) in [6, 6.07) is 21.1. The molecule has 0 amide bonds. The van der Waals surface area contributed by atoms with Gasteiger partial charge in [-0.05, 0) is 37.8 Å². The van der Waals surface area contributed by atoms with E-state index in [4.69, 9.17) is 19.7 Å². The molecule has 2 aliphatic carbocycles. The quantitative estimate of drug-likeness (QED) is 0.675. The van der Waals surface area contributed by atoms with Gasteiger partial charge in [0.1, 0.15) is 0 Å². The van der Waals surface area contributed by atoms with E-state index in [0.717, 1.165) is 24.0 Å². The Labute approximate surface area is 160 Å². The number of nitrogens with zero attached hydrogens (tertiary/aromatic N) is 2. The van der Waals surface area contributed by atoms with Gasteiger partial charge in [-0.2, -0.15) is 10.2 Å². The van der Waals surface area contributed by atoms with Gasteiger partial charge < -0.3 is 9.47 Å². The van der Waals surface area contributed by atoms with E-state index in [9.17, 15) is 0 Å². The van der Waals surface area contributed by atoms with Crippen LogP contribution >= 0.6 is 0 Å². The van der Waals surface area contributed by atoms with Crippen molar-refractivity contribution in [2.75, 3.05) is 13.2 Å². The first kappa shape index (κ1) is 17.1. The zero-order valence-electron chi connectivity index (χ0n) is 16.0. The predicted molar refractivity (Wildman–Crippen MR) is 103 cm³/mol. The zero-order chi connectivity index (χ0) is 18.5. The number of fused-ring (bicyclic) bond motifs is 5. The fourth-order valence-corrected chi connectivity index (χ4v) is 5.91. The minimum atomic E-state index is -0.905. The van der Waals surface area contributed by atoms with Crippen LogP contribution in [0.4, 0.5) is 0 Å². The third-order valence-electron chi connectivity index (χ3n) is 6.84. The molecule has 2 fully saturated rings. The molecule has 27 heavy (non-hydrogen) atoms. The van der Waals surface area contributed by atoms with Crippen molar-refractivity contribution in [2.45, 2.75) is 43.6 Å². The number of benzene rings is 2.